The molecule has 0 saturated carbocycles. The lowest BCUT2D eigenvalue weighted by Crippen LogP contribution is -2.21. The summed E-state index contributed by atoms with van der Waals surface area (Å²) in [4.78, 5) is 12.8. The molecule has 0 spiro atoms. The van der Waals surface area contributed by atoms with Crippen molar-refractivity contribution in [3.63, 3.8) is 0 Å². The molecule has 0 saturated heterocycles. The van der Waals surface area contributed by atoms with E-state index in [1.807, 2.05) is 19.1 Å². The van der Waals surface area contributed by atoms with Gasteiger partial charge in [-0.3, -0.25) is 4.79 Å². The van der Waals surface area contributed by atoms with Gasteiger partial charge in [0.05, 0.1) is 35.2 Å². The summed E-state index contributed by atoms with van der Waals surface area (Å²) in [6.07, 6.45) is 2.63. The van der Waals surface area contributed by atoms with Gasteiger partial charge in [0.2, 0.25) is 0 Å². The van der Waals surface area contributed by atoms with E-state index < -0.39 is 0 Å². The van der Waals surface area contributed by atoms with Crippen LogP contribution in [0.5, 0.6) is 11.5 Å². The minimum absolute atomic E-state index is 0.273. The second-order valence-corrected chi connectivity index (χ2v) is 7.07. The first kappa shape index (κ1) is 20.1. The Labute approximate surface area is 171 Å². The van der Waals surface area contributed by atoms with Crippen molar-refractivity contribution >= 4 is 39.3 Å². The lowest BCUT2D eigenvalue weighted by Gasteiger charge is -2.13. The second kappa shape index (κ2) is 8.56. The number of anilines is 1. The maximum absolute atomic E-state index is 13.2. The van der Waals surface area contributed by atoms with Crippen molar-refractivity contribution in [3.05, 3.63) is 57.8 Å². The Balaban J connectivity index is 1.93. The molecule has 1 amide bonds. The number of rotatable bonds is 6. The number of hydrogen-bond donors (Lipinski definition) is 0. The van der Waals surface area contributed by atoms with Crippen LogP contribution in [0.15, 0.2) is 51.5 Å². The zero-order chi connectivity index (χ0) is 20.3. The van der Waals surface area contributed by atoms with Gasteiger partial charge in [-0.15, -0.1) is 0 Å². The van der Waals surface area contributed by atoms with Crippen LogP contribution in [0, 0.1) is 5.82 Å². The fraction of sp³-hybridized carbons (Fsp3) is 0.238. The summed E-state index contributed by atoms with van der Waals surface area (Å²) >= 11 is 3.51. The smallest absolute Gasteiger partial charge is 0.280 e. The van der Waals surface area contributed by atoms with Gasteiger partial charge < -0.3 is 9.47 Å². The van der Waals surface area contributed by atoms with Crippen molar-refractivity contribution in [1.82, 2.24) is 0 Å². The normalized spacial score (nSPS) is 15.2. The fourth-order valence-electron chi connectivity index (χ4n) is 2.78. The average Bonchev–Trinajstić information content (AvgIpc) is 2.95. The molecule has 7 heteroatoms. The highest BCUT2D eigenvalue weighted by atomic mass is 79.9. The minimum atomic E-state index is -0.366. The Bertz CT molecular complexity index is 955. The maximum atomic E-state index is 13.2. The molecule has 1 aliphatic heterocycles. The third kappa shape index (κ3) is 4.09. The molecule has 146 valence electrons. The molecule has 2 aromatic carbocycles. The third-order valence-electron chi connectivity index (χ3n) is 4.15. The molecule has 0 aromatic heterocycles. The number of carbonyl (C=O) groups excluding carboxylic acids is 1. The molecule has 0 radical (unpaired) electrons. The number of carbonyl (C=O) groups is 1. The average molecular weight is 447 g/mol. The largest absolute Gasteiger partial charge is 0.493 e. The third-order valence-corrected chi connectivity index (χ3v) is 4.74. The number of methoxy groups -OCH3 is 1. The summed E-state index contributed by atoms with van der Waals surface area (Å²) in [6, 6.07) is 9.31. The van der Waals surface area contributed by atoms with Crippen LogP contribution in [-0.2, 0) is 4.79 Å². The lowest BCUT2D eigenvalue weighted by molar-refractivity contribution is -0.114. The molecule has 28 heavy (non-hydrogen) atoms. The number of hydrogen-bond acceptors (Lipinski definition) is 4. The van der Waals surface area contributed by atoms with E-state index in [4.69, 9.17) is 9.47 Å². The SMILES string of the molecule is CCCOc1c(Br)cc(C=C2C(=O)N(c3ccc(F)cc3)N=C2C)cc1OC. The van der Waals surface area contributed by atoms with E-state index >= 15 is 0 Å². The van der Waals surface area contributed by atoms with E-state index in [-0.39, 0.29) is 11.7 Å². The summed E-state index contributed by atoms with van der Waals surface area (Å²) in [6.45, 7) is 4.37. The molecule has 3 rings (SSSR count). The minimum Gasteiger partial charge on any atom is -0.493 e. The van der Waals surface area contributed by atoms with E-state index in [9.17, 15) is 9.18 Å². The van der Waals surface area contributed by atoms with E-state index in [0.29, 0.717) is 35.1 Å². The molecular weight excluding hydrogens is 427 g/mol. The monoisotopic (exact) mass is 446 g/mol. The van der Waals surface area contributed by atoms with Gasteiger partial charge >= 0.3 is 0 Å². The Morgan fingerprint density at radius 1 is 1.25 bits per heavy atom. The van der Waals surface area contributed by atoms with Crippen molar-refractivity contribution in [3.8, 4) is 11.5 Å². The van der Waals surface area contributed by atoms with Gasteiger partial charge in [0.1, 0.15) is 5.82 Å². The molecule has 0 aliphatic carbocycles. The Morgan fingerprint density at radius 3 is 2.61 bits per heavy atom. The summed E-state index contributed by atoms with van der Waals surface area (Å²) in [5.74, 6) is 0.562. The highest BCUT2D eigenvalue weighted by Gasteiger charge is 2.28. The number of ether oxygens (including phenoxy) is 2. The predicted octanol–water partition coefficient (Wildman–Crippen LogP) is 5.19. The van der Waals surface area contributed by atoms with Crippen LogP contribution in [0.25, 0.3) is 6.08 Å². The van der Waals surface area contributed by atoms with Crippen molar-refractivity contribution < 1.29 is 18.7 Å². The quantitative estimate of drug-likeness (QED) is 0.573. The van der Waals surface area contributed by atoms with Gasteiger partial charge in [0, 0.05) is 0 Å². The molecule has 0 atom stereocenters. The Kier molecular flexibility index (Phi) is 6.14. The summed E-state index contributed by atoms with van der Waals surface area (Å²) in [5.41, 5.74) is 2.32. The van der Waals surface area contributed by atoms with Crippen molar-refractivity contribution in [2.45, 2.75) is 20.3 Å². The molecule has 2 aromatic rings. The molecule has 1 heterocycles. The summed E-state index contributed by atoms with van der Waals surface area (Å²) < 4.78 is 25.1. The van der Waals surface area contributed by atoms with Crippen LogP contribution < -0.4 is 14.5 Å². The van der Waals surface area contributed by atoms with Crippen LogP contribution in [0.2, 0.25) is 0 Å². The number of nitrogens with zero attached hydrogens (tertiary/aromatic N) is 2. The first-order chi connectivity index (χ1) is 13.4. The summed E-state index contributed by atoms with van der Waals surface area (Å²) in [5, 5.41) is 5.58. The molecule has 1 aliphatic rings. The molecule has 0 N–H and O–H groups in total. The number of halogens is 2. The van der Waals surface area contributed by atoms with Gasteiger partial charge in [-0.25, -0.2) is 4.39 Å². The zero-order valence-electron chi connectivity index (χ0n) is 15.8. The van der Waals surface area contributed by atoms with Crippen molar-refractivity contribution in [1.29, 1.82) is 0 Å². The Morgan fingerprint density at radius 2 is 1.96 bits per heavy atom. The lowest BCUT2D eigenvalue weighted by atomic mass is 10.1. The van der Waals surface area contributed by atoms with E-state index in [1.165, 1.54) is 29.3 Å². The van der Waals surface area contributed by atoms with Crippen LogP contribution >= 0.6 is 15.9 Å². The van der Waals surface area contributed by atoms with Crippen LogP contribution in [0.3, 0.4) is 0 Å². The molecule has 5 nitrogen and oxygen atoms in total. The van der Waals surface area contributed by atoms with E-state index in [0.717, 1.165) is 16.5 Å². The fourth-order valence-corrected chi connectivity index (χ4v) is 3.35. The highest BCUT2D eigenvalue weighted by molar-refractivity contribution is 9.10. The van der Waals surface area contributed by atoms with Crippen molar-refractivity contribution in [2.24, 2.45) is 5.10 Å². The molecular formula is C21H20BrFN2O3. The molecule has 0 fully saturated rings. The standard InChI is InChI=1S/C21H20BrFN2O3/c1-4-9-28-20-18(22)11-14(12-19(20)27-3)10-17-13(2)24-25(21(17)26)16-7-5-15(23)6-8-16/h5-8,10-12H,4,9H2,1-3H3. The number of hydrazone groups is 1. The van der Waals surface area contributed by atoms with Crippen LogP contribution in [0.4, 0.5) is 10.1 Å². The topological polar surface area (TPSA) is 51.1 Å². The highest BCUT2D eigenvalue weighted by Crippen LogP contribution is 2.37. The van der Waals surface area contributed by atoms with Gasteiger partial charge in [-0.1, -0.05) is 6.92 Å². The summed E-state index contributed by atoms with van der Waals surface area (Å²) in [7, 11) is 1.57. The molecule has 0 unspecified atom stereocenters. The number of benzene rings is 2. The first-order valence-corrected chi connectivity index (χ1v) is 9.61. The maximum Gasteiger partial charge on any atom is 0.280 e. The van der Waals surface area contributed by atoms with E-state index in [2.05, 4.69) is 21.0 Å². The Hall–Kier alpha value is -2.67. The van der Waals surface area contributed by atoms with Gasteiger partial charge in [-0.2, -0.15) is 10.1 Å². The van der Waals surface area contributed by atoms with Crippen molar-refractivity contribution in [2.75, 3.05) is 18.7 Å². The zero-order valence-corrected chi connectivity index (χ0v) is 17.4. The van der Waals surface area contributed by atoms with Crippen LogP contribution in [-0.4, -0.2) is 25.3 Å². The van der Waals surface area contributed by atoms with Gasteiger partial charge in [0.25, 0.3) is 5.91 Å². The predicted molar refractivity (Wildman–Crippen MR) is 111 cm³/mol. The van der Waals surface area contributed by atoms with Gasteiger partial charge in [0.15, 0.2) is 11.5 Å². The second-order valence-electron chi connectivity index (χ2n) is 6.22. The first-order valence-electron chi connectivity index (χ1n) is 8.82. The number of amides is 1. The van der Waals surface area contributed by atoms with Crippen LogP contribution in [0.1, 0.15) is 25.8 Å². The van der Waals surface area contributed by atoms with E-state index in [1.54, 1.807) is 20.1 Å². The molecule has 0 bridgehead atoms. The van der Waals surface area contributed by atoms with Gasteiger partial charge in [-0.05, 0) is 77.3 Å².